The Hall–Kier alpha value is -3.31. The van der Waals surface area contributed by atoms with Gasteiger partial charge in [-0.3, -0.25) is 4.79 Å². The third kappa shape index (κ3) is 3.04. The molecule has 0 aliphatic carbocycles. The summed E-state index contributed by atoms with van der Waals surface area (Å²) in [4.78, 5) is 12.1. The molecule has 0 fully saturated rings. The maximum absolute atomic E-state index is 12.1. The predicted molar refractivity (Wildman–Crippen MR) is 119 cm³/mol. The highest BCUT2D eigenvalue weighted by Gasteiger charge is 2.17. The summed E-state index contributed by atoms with van der Waals surface area (Å²) in [5.41, 5.74) is 10.4. The minimum Gasteiger partial charge on any atom is -0.464 e. The Balaban J connectivity index is 1.81. The molecule has 2 aromatic heterocycles. The van der Waals surface area contributed by atoms with Gasteiger partial charge in [0.25, 0.3) is 0 Å². The summed E-state index contributed by atoms with van der Waals surface area (Å²) in [5, 5.41) is 1.89. The average Bonchev–Trinajstić information content (AvgIpc) is 3.36. The Labute approximate surface area is 175 Å². The number of furan rings is 1. The van der Waals surface area contributed by atoms with Crippen molar-refractivity contribution < 1.29 is 9.21 Å². The molecule has 0 radical (unpaired) electrons. The van der Waals surface area contributed by atoms with Gasteiger partial charge >= 0.3 is 0 Å². The molecule has 0 bridgehead atoms. The molecule has 5 heteroatoms. The van der Waals surface area contributed by atoms with E-state index in [1.165, 1.54) is 5.56 Å². The summed E-state index contributed by atoms with van der Waals surface area (Å²) in [6, 6.07) is 23.9. The second-order valence-electron chi connectivity index (χ2n) is 6.99. The van der Waals surface area contributed by atoms with E-state index in [1.807, 2.05) is 48.5 Å². The number of benzene rings is 3. The average molecular weight is 445 g/mol. The lowest BCUT2D eigenvalue weighted by Crippen LogP contribution is -2.11. The third-order valence-electron chi connectivity index (χ3n) is 5.22. The van der Waals surface area contributed by atoms with Crippen LogP contribution in [-0.2, 0) is 6.54 Å². The van der Waals surface area contributed by atoms with Gasteiger partial charge in [0, 0.05) is 32.9 Å². The topological polar surface area (TPSA) is 61.2 Å². The Kier molecular flexibility index (Phi) is 4.25. The molecule has 2 N–H and O–H groups in total. The molecule has 0 unspecified atom stereocenters. The first kappa shape index (κ1) is 17.8. The lowest BCUT2D eigenvalue weighted by atomic mass is 10.0. The molecule has 2 heterocycles. The molecule has 142 valence electrons. The fourth-order valence-electron chi connectivity index (χ4n) is 3.89. The van der Waals surface area contributed by atoms with Crippen LogP contribution in [0.3, 0.4) is 0 Å². The predicted octanol–water partition coefficient (Wildman–Crippen LogP) is 5.96. The monoisotopic (exact) mass is 444 g/mol. The van der Waals surface area contributed by atoms with E-state index in [-0.39, 0.29) is 0 Å². The van der Waals surface area contributed by atoms with Gasteiger partial charge in [0.05, 0.1) is 17.3 Å². The maximum atomic E-state index is 12.1. The third-order valence-corrected chi connectivity index (χ3v) is 5.74. The highest BCUT2D eigenvalue weighted by Crippen LogP contribution is 2.35. The molecule has 0 saturated heterocycles. The Morgan fingerprint density at radius 2 is 1.79 bits per heavy atom. The second-order valence-corrected chi connectivity index (χ2v) is 7.90. The highest BCUT2D eigenvalue weighted by molar-refractivity contribution is 9.10. The van der Waals surface area contributed by atoms with E-state index in [9.17, 15) is 4.79 Å². The number of aromatic nitrogens is 1. The molecule has 3 aromatic carbocycles. The summed E-state index contributed by atoms with van der Waals surface area (Å²) < 4.78 is 8.86. The number of hydrogen-bond donors (Lipinski definition) is 1. The number of amides is 1. The minimum atomic E-state index is -0.423. The van der Waals surface area contributed by atoms with E-state index in [0.717, 1.165) is 37.6 Å². The molecule has 0 aliphatic heterocycles. The lowest BCUT2D eigenvalue weighted by Gasteiger charge is -2.09. The number of nitrogens with two attached hydrogens (primary N) is 1. The highest BCUT2D eigenvalue weighted by atomic mass is 79.9. The Morgan fingerprint density at radius 3 is 2.52 bits per heavy atom. The van der Waals surface area contributed by atoms with E-state index in [0.29, 0.717) is 12.1 Å². The first-order valence-corrected chi connectivity index (χ1v) is 10.0. The maximum Gasteiger partial charge on any atom is 0.249 e. The fourth-order valence-corrected chi connectivity index (χ4v) is 4.15. The summed E-state index contributed by atoms with van der Waals surface area (Å²) >= 11 is 3.49. The summed E-state index contributed by atoms with van der Waals surface area (Å²) in [7, 11) is 0. The number of fused-ring (bicyclic) bond motifs is 3. The molecule has 0 saturated carbocycles. The van der Waals surface area contributed by atoms with Gasteiger partial charge in [-0.25, -0.2) is 0 Å². The molecule has 29 heavy (non-hydrogen) atoms. The SMILES string of the molecule is NC(=O)c1cccc2c1c1ccc(-c3ccco3)cc1n2Cc1ccc(Br)cc1. The van der Waals surface area contributed by atoms with Gasteiger partial charge < -0.3 is 14.7 Å². The largest absolute Gasteiger partial charge is 0.464 e. The van der Waals surface area contributed by atoms with Crippen LogP contribution in [0.2, 0.25) is 0 Å². The van der Waals surface area contributed by atoms with Crippen LogP contribution in [0.15, 0.2) is 87.9 Å². The molecular formula is C24H17BrN2O2. The fraction of sp³-hybridized carbons (Fsp3) is 0.0417. The molecule has 4 nitrogen and oxygen atoms in total. The van der Waals surface area contributed by atoms with Gasteiger partial charge in [0.1, 0.15) is 5.76 Å². The number of carbonyl (C=O) groups excluding carboxylic acids is 1. The Bertz CT molecular complexity index is 1350. The zero-order valence-electron chi connectivity index (χ0n) is 15.4. The van der Waals surface area contributed by atoms with Crippen molar-refractivity contribution >= 4 is 43.6 Å². The number of primary amides is 1. The van der Waals surface area contributed by atoms with Crippen molar-refractivity contribution in [2.24, 2.45) is 5.73 Å². The molecule has 1 amide bonds. The summed E-state index contributed by atoms with van der Waals surface area (Å²) in [6.07, 6.45) is 1.67. The van der Waals surface area contributed by atoms with E-state index in [4.69, 9.17) is 10.2 Å². The van der Waals surface area contributed by atoms with Gasteiger partial charge in [-0.1, -0.05) is 46.3 Å². The first-order valence-electron chi connectivity index (χ1n) is 9.25. The van der Waals surface area contributed by atoms with Crippen LogP contribution in [0.5, 0.6) is 0 Å². The summed E-state index contributed by atoms with van der Waals surface area (Å²) in [5.74, 6) is 0.385. The smallest absolute Gasteiger partial charge is 0.249 e. The van der Waals surface area contributed by atoms with Crippen LogP contribution in [0.4, 0.5) is 0 Å². The van der Waals surface area contributed by atoms with Gasteiger partial charge in [-0.15, -0.1) is 0 Å². The van der Waals surface area contributed by atoms with Crippen LogP contribution < -0.4 is 5.73 Å². The standard InChI is InChI=1S/C24H17BrN2O2/c25-17-9-6-15(7-10-17)14-27-20-4-1-3-19(24(26)28)23(20)18-11-8-16(13-21(18)27)22-5-2-12-29-22/h1-13H,14H2,(H2,26,28). The molecule has 5 rings (SSSR count). The first-order chi connectivity index (χ1) is 14.1. The molecule has 0 aliphatic rings. The van der Waals surface area contributed by atoms with E-state index in [1.54, 1.807) is 12.3 Å². The number of carbonyl (C=O) groups is 1. The van der Waals surface area contributed by atoms with Crippen molar-refractivity contribution in [3.63, 3.8) is 0 Å². The zero-order valence-corrected chi connectivity index (χ0v) is 17.0. The van der Waals surface area contributed by atoms with Crippen molar-refractivity contribution in [2.75, 3.05) is 0 Å². The summed E-state index contributed by atoms with van der Waals surface area (Å²) in [6.45, 7) is 0.678. The van der Waals surface area contributed by atoms with Crippen LogP contribution in [0.25, 0.3) is 33.1 Å². The zero-order chi connectivity index (χ0) is 20.0. The number of hydrogen-bond acceptors (Lipinski definition) is 2. The molecule has 0 spiro atoms. The van der Waals surface area contributed by atoms with E-state index >= 15 is 0 Å². The van der Waals surface area contributed by atoms with Gasteiger partial charge in [0.2, 0.25) is 5.91 Å². The minimum absolute atomic E-state index is 0.423. The van der Waals surface area contributed by atoms with E-state index in [2.05, 4.69) is 38.7 Å². The number of nitrogens with zero attached hydrogens (tertiary/aromatic N) is 1. The van der Waals surface area contributed by atoms with E-state index < -0.39 is 5.91 Å². The lowest BCUT2D eigenvalue weighted by molar-refractivity contribution is 0.100. The van der Waals surface area contributed by atoms with Gasteiger partial charge in [-0.05, 0) is 48.0 Å². The van der Waals surface area contributed by atoms with Crippen LogP contribution in [-0.4, -0.2) is 10.5 Å². The quantitative estimate of drug-likeness (QED) is 0.371. The van der Waals surface area contributed by atoms with Gasteiger partial charge in [0.15, 0.2) is 0 Å². The molecular weight excluding hydrogens is 428 g/mol. The van der Waals surface area contributed by atoms with Crippen LogP contribution >= 0.6 is 15.9 Å². The number of rotatable bonds is 4. The van der Waals surface area contributed by atoms with Crippen molar-refractivity contribution in [3.05, 3.63) is 94.7 Å². The van der Waals surface area contributed by atoms with Crippen LogP contribution in [0.1, 0.15) is 15.9 Å². The second kappa shape index (κ2) is 6.94. The van der Waals surface area contributed by atoms with Crippen LogP contribution in [0, 0.1) is 0 Å². The van der Waals surface area contributed by atoms with Crippen molar-refractivity contribution in [1.82, 2.24) is 4.57 Å². The van der Waals surface area contributed by atoms with Gasteiger partial charge in [-0.2, -0.15) is 0 Å². The molecule has 5 aromatic rings. The molecule has 0 atom stereocenters. The van der Waals surface area contributed by atoms with Crippen molar-refractivity contribution in [3.8, 4) is 11.3 Å². The van der Waals surface area contributed by atoms with Crippen molar-refractivity contribution in [1.29, 1.82) is 0 Å². The Morgan fingerprint density at radius 1 is 0.966 bits per heavy atom. The van der Waals surface area contributed by atoms with Crippen molar-refractivity contribution in [2.45, 2.75) is 6.54 Å². The normalized spacial score (nSPS) is 11.3. The number of halogens is 1.